The fourth-order valence-electron chi connectivity index (χ4n) is 5.59. The number of aliphatic hydroxyl groups is 1. The van der Waals surface area contributed by atoms with Crippen molar-refractivity contribution < 1.29 is 41.7 Å². The molecular formula is C32H28F4N4O5. The third kappa shape index (κ3) is 5.30. The molecule has 6 rings (SSSR count). The number of primary amides is 1. The van der Waals surface area contributed by atoms with Crippen LogP contribution in [0.15, 0.2) is 54.7 Å². The number of ether oxygens (including phenoxy) is 2. The van der Waals surface area contributed by atoms with E-state index >= 15 is 0 Å². The van der Waals surface area contributed by atoms with Crippen molar-refractivity contribution in [2.45, 2.75) is 37.0 Å². The molecule has 3 heterocycles. The molecule has 2 aromatic heterocycles. The van der Waals surface area contributed by atoms with Crippen molar-refractivity contribution in [1.29, 1.82) is 0 Å². The average molecular weight is 625 g/mol. The summed E-state index contributed by atoms with van der Waals surface area (Å²) in [5.74, 6) is -1.74. The number of nitrogens with zero attached hydrogens (tertiary/aromatic N) is 2. The SMILES string of the molecule is COc1cc(C(=O)NCC(O)(c2cc3c(c(-c4ccc(F)cc4)n2)OC[C@]3(C)C(N)=O)C2CC2)cc2cc(C(F)(F)F)cnc12. The van der Waals surface area contributed by atoms with Crippen molar-refractivity contribution in [3.63, 3.8) is 0 Å². The van der Waals surface area contributed by atoms with Crippen molar-refractivity contribution in [2.75, 3.05) is 20.3 Å². The van der Waals surface area contributed by atoms with E-state index in [1.165, 1.54) is 43.5 Å². The van der Waals surface area contributed by atoms with Crippen LogP contribution < -0.4 is 20.5 Å². The molecular weight excluding hydrogens is 596 g/mol. The van der Waals surface area contributed by atoms with Crippen molar-refractivity contribution in [3.8, 4) is 22.8 Å². The lowest BCUT2D eigenvalue weighted by molar-refractivity contribution is -0.137. The summed E-state index contributed by atoms with van der Waals surface area (Å²) < 4.78 is 65.0. The average Bonchev–Trinajstić information content (AvgIpc) is 3.82. The third-order valence-electron chi connectivity index (χ3n) is 8.51. The van der Waals surface area contributed by atoms with Crippen molar-refractivity contribution in [1.82, 2.24) is 15.3 Å². The van der Waals surface area contributed by atoms with Crippen LogP contribution >= 0.6 is 0 Å². The molecule has 1 aliphatic heterocycles. The summed E-state index contributed by atoms with van der Waals surface area (Å²) in [6.07, 6.45) is -2.70. The number of nitrogens with one attached hydrogen (secondary N) is 1. The summed E-state index contributed by atoms with van der Waals surface area (Å²) in [5, 5.41) is 14.9. The van der Waals surface area contributed by atoms with E-state index in [9.17, 15) is 32.3 Å². The fourth-order valence-corrected chi connectivity index (χ4v) is 5.59. The van der Waals surface area contributed by atoms with E-state index in [0.717, 1.165) is 6.07 Å². The Morgan fingerprint density at radius 3 is 2.49 bits per heavy atom. The van der Waals surface area contributed by atoms with Gasteiger partial charge in [0.2, 0.25) is 5.91 Å². The van der Waals surface area contributed by atoms with Crippen LogP contribution in [-0.2, 0) is 22.0 Å². The second kappa shape index (κ2) is 10.7. The summed E-state index contributed by atoms with van der Waals surface area (Å²) in [5.41, 5.74) is 3.24. The maximum atomic E-state index is 13.8. The number of aromatic nitrogens is 2. The molecule has 0 radical (unpaired) electrons. The molecule has 1 saturated carbocycles. The summed E-state index contributed by atoms with van der Waals surface area (Å²) >= 11 is 0. The van der Waals surface area contributed by atoms with Gasteiger partial charge in [-0.3, -0.25) is 14.6 Å². The van der Waals surface area contributed by atoms with Crippen LogP contribution in [0.25, 0.3) is 22.2 Å². The molecule has 4 aromatic rings. The smallest absolute Gasteiger partial charge is 0.417 e. The summed E-state index contributed by atoms with van der Waals surface area (Å²) in [6, 6.07) is 10.5. The molecule has 234 valence electrons. The monoisotopic (exact) mass is 624 g/mol. The van der Waals surface area contributed by atoms with E-state index < -0.39 is 40.4 Å². The second-order valence-corrected chi connectivity index (χ2v) is 11.6. The number of nitrogens with two attached hydrogens (primary N) is 1. The van der Waals surface area contributed by atoms with Crippen LogP contribution in [-0.4, -0.2) is 47.2 Å². The number of carbonyl (C=O) groups is 2. The van der Waals surface area contributed by atoms with Gasteiger partial charge in [-0.2, -0.15) is 13.2 Å². The largest absolute Gasteiger partial charge is 0.494 e. The van der Waals surface area contributed by atoms with Crippen molar-refractivity contribution >= 4 is 22.7 Å². The highest BCUT2D eigenvalue weighted by Crippen LogP contribution is 2.50. The van der Waals surface area contributed by atoms with Gasteiger partial charge < -0.3 is 25.6 Å². The Balaban J connectivity index is 1.38. The van der Waals surface area contributed by atoms with E-state index in [2.05, 4.69) is 10.3 Å². The lowest BCUT2D eigenvalue weighted by Gasteiger charge is -2.30. The molecule has 2 aromatic carbocycles. The van der Waals surface area contributed by atoms with Gasteiger partial charge in [0.25, 0.3) is 5.91 Å². The van der Waals surface area contributed by atoms with Gasteiger partial charge in [0.1, 0.15) is 46.1 Å². The minimum atomic E-state index is -4.64. The van der Waals surface area contributed by atoms with E-state index in [4.69, 9.17) is 20.2 Å². The molecule has 1 fully saturated rings. The molecule has 1 aliphatic carbocycles. The van der Waals surface area contributed by atoms with Crippen LogP contribution in [0, 0.1) is 11.7 Å². The highest BCUT2D eigenvalue weighted by molar-refractivity contribution is 6.00. The van der Waals surface area contributed by atoms with Gasteiger partial charge in [-0.1, -0.05) is 0 Å². The van der Waals surface area contributed by atoms with Gasteiger partial charge in [0.05, 0.1) is 24.9 Å². The Labute approximate surface area is 254 Å². The Morgan fingerprint density at radius 1 is 1.16 bits per heavy atom. The minimum absolute atomic E-state index is 0.0118. The number of fused-ring (bicyclic) bond motifs is 2. The first kappa shape index (κ1) is 30.3. The van der Waals surface area contributed by atoms with Crippen LogP contribution in [0.2, 0.25) is 0 Å². The number of benzene rings is 2. The molecule has 13 heteroatoms. The van der Waals surface area contributed by atoms with Gasteiger partial charge in [-0.05, 0) is 74.2 Å². The zero-order valence-electron chi connectivity index (χ0n) is 24.2. The lowest BCUT2D eigenvalue weighted by atomic mass is 9.81. The highest BCUT2D eigenvalue weighted by Gasteiger charge is 2.50. The first-order valence-corrected chi connectivity index (χ1v) is 14.0. The summed E-state index contributed by atoms with van der Waals surface area (Å²) in [6.45, 7) is 1.23. The van der Waals surface area contributed by atoms with E-state index in [1.807, 2.05) is 0 Å². The Kier molecular flexibility index (Phi) is 7.18. The molecule has 2 aliphatic rings. The lowest BCUT2D eigenvalue weighted by Crippen LogP contribution is -2.44. The molecule has 1 unspecified atom stereocenters. The maximum Gasteiger partial charge on any atom is 0.417 e. The first-order valence-electron chi connectivity index (χ1n) is 14.0. The third-order valence-corrected chi connectivity index (χ3v) is 8.51. The quantitative estimate of drug-likeness (QED) is 0.243. The molecule has 9 nitrogen and oxygen atoms in total. The number of carbonyl (C=O) groups excluding carboxylic acids is 2. The Bertz CT molecular complexity index is 1840. The summed E-state index contributed by atoms with van der Waals surface area (Å²) in [7, 11) is 1.31. The zero-order chi connectivity index (χ0) is 32.3. The van der Waals surface area contributed by atoms with Gasteiger partial charge in [0.15, 0.2) is 0 Å². The fraction of sp³-hybridized carbons (Fsp3) is 0.312. The van der Waals surface area contributed by atoms with Crippen molar-refractivity contribution in [2.24, 2.45) is 11.7 Å². The number of pyridine rings is 2. The Morgan fingerprint density at radius 2 is 1.87 bits per heavy atom. The zero-order valence-corrected chi connectivity index (χ0v) is 24.2. The Hall–Kier alpha value is -4.78. The first-order chi connectivity index (χ1) is 21.2. The van der Waals surface area contributed by atoms with Crippen LogP contribution in [0.1, 0.15) is 46.9 Å². The molecule has 0 bridgehead atoms. The van der Waals surface area contributed by atoms with Gasteiger partial charge >= 0.3 is 6.18 Å². The molecule has 2 amide bonds. The number of hydrogen-bond donors (Lipinski definition) is 3. The topological polar surface area (TPSA) is 137 Å². The van der Waals surface area contributed by atoms with Gasteiger partial charge in [0, 0.05) is 28.3 Å². The van der Waals surface area contributed by atoms with Gasteiger partial charge in [-0.25, -0.2) is 9.37 Å². The molecule has 45 heavy (non-hydrogen) atoms. The number of alkyl halides is 3. The van der Waals surface area contributed by atoms with Crippen LogP contribution in [0.5, 0.6) is 11.5 Å². The van der Waals surface area contributed by atoms with E-state index in [0.29, 0.717) is 30.2 Å². The van der Waals surface area contributed by atoms with Crippen LogP contribution in [0.4, 0.5) is 17.6 Å². The van der Waals surface area contributed by atoms with Crippen LogP contribution in [0.3, 0.4) is 0 Å². The number of amides is 2. The minimum Gasteiger partial charge on any atom is -0.494 e. The highest BCUT2D eigenvalue weighted by atomic mass is 19.4. The van der Waals surface area contributed by atoms with Crippen molar-refractivity contribution in [3.05, 3.63) is 82.9 Å². The predicted octanol–water partition coefficient (Wildman–Crippen LogP) is 4.63. The van der Waals surface area contributed by atoms with E-state index in [1.54, 1.807) is 13.0 Å². The number of rotatable bonds is 8. The standard InChI is InChI=1S/C32H28F4N4O5/c1-30(29(37)42)15-45-27-22(30)12-24(40-26(27)16-3-7-21(33)8-4-16)31(43,19-5-6-19)14-39-28(41)18-9-17-10-20(32(34,35)36)13-38-25(17)23(11-18)44-2/h3-4,7-13,19,43H,5-6,14-15H2,1-2H3,(H2,37,42)(H,39,41)/t30-,31?/m0/s1. The molecule has 0 spiro atoms. The maximum absolute atomic E-state index is 13.8. The predicted molar refractivity (Wildman–Crippen MR) is 154 cm³/mol. The normalized spacial score (nSPS) is 19.0. The van der Waals surface area contributed by atoms with Gasteiger partial charge in [-0.15, -0.1) is 0 Å². The second-order valence-electron chi connectivity index (χ2n) is 11.6. The molecule has 0 saturated heterocycles. The number of halogens is 4. The molecule has 4 N–H and O–H groups in total. The van der Waals surface area contributed by atoms with E-state index in [-0.39, 0.29) is 58.4 Å². The summed E-state index contributed by atoms with van der Waals surface area (Å²) in [4.78, 5) is 34.6. The number of hydrogen-bond acceptors (Lipinski definition) is 7. The molecule has 2 atom stereocenters. The number of methoxy groups -OCH3 is 1.